The minimum Gasteiger partial charge on any atom is -0.395 e. The molecular formula is C10H17N3O. The molecule has 1 atom stereocenters. The molecule has 0 saturated carbocycles. The molecule has 14 heavy (non-hydrogen) atoms. The van der Waals surface area contributed by atoms with E-state index in [-0.39, 0.29) is 0 Å². The van der Waals surface area contributed by atoms with Gasteiger partial charge in [-0.05, 0) is 26.8 Å². The van der Waals surface area contributed by atoms with E-state index in [2.05, 4.69) is 23.9 Å². The van der Waals surface area contributed by atoms with Gasteiger partial charge in [-0.1, -0.05) is 5.16 Å². The van der Waals surface area contributed by atoms with Gasteiger partial charge in [0.15, 0.2) is 5.76 Å². The number of aromatic nitrogens is 1. The molecule has 1 aromatic rings. The van der Waals surface area contributed by atoms with E-state index in [0.29, 0.717) is 17.6 Å². The van der Waals surface area contributed by atoms with E-state index in [1.165, 1.54) is 0 Å². The Balaban J connectivity index is 2.06. The molecule has 1 aliphatic rings. The lowest BCUT2D eigenvalue weighted by molar-refractivity contribution is 0.266. The Labute approximate surface area is 84.0 Å². The van der Waals surface area contributed by atoms with Gasteiger partial charge in [-0.15, -0.1) is 0 Å². The highest BCUT2D eigenvalue weighted by Gasteiger charge is 2.29. The maximum Gasteiger partial charge on any atom is 0.163 e. The van der Waals surface area contributed by atoms with Crippen LogP contribution in [0.2, 0.25) is 0 Å². The molecule has 2 heterocycles. The van der Waals surface area contributed by atoms with Crippen LogP contribution in [0.15, 0.2) is 10.7 Å². The summed E-state index contributed by atoms with van der Waals surface area (Å²) in [7, 11) is 0. The Morgan fingerprint density at radius 2 is 2.43 bits per heavy atom. The number of hydrogen-bond acceptors (Lipinski definition) is 4. The Morgan fingerprint density at radius 1 is 1.64 bits per heavy atom. The van der Waals surface area contributed by atoms with Gasteiger partial charge in [-0.3, -0.25) is 0 Å². The molecule has 2 N–H and O–H groups in total. The van der Waals surface area contributed by atoms with Gasteiger partial charge in [0.05, 0.1) is 11.9 Å². The Hall–Kier alpha value is -1.03. The van der Waals surface area contributed by atoms with Gasteiger partial charge in [-0.2, -0.15) is 0 Å². The summed E-state index contributed by atoms with van der Waals surface area (Å²) in [5.74, 6) is 1.30. The third kappa shape index (κ3) is 1.62. The highest BCUT2D eigenvalue weighted by atomic mass is 16.5. The molecule has 4 nitrogen and oxygen atoms in total. The predicted octanol–water partition coefficient (Wildman–Crippen LogP) is 1.45. The number of nitrogens with zero attached hydrogens (tertiary/aromatic N) is 2. The van der Waals surface area contributed by atoms with Crippen LogP contribution < -0.4 is 5.73 Å². The molecule has 78 valence electrons. The van der Waals surface area contributed by atoms with E-state index in [0.717, 1.165) is 25.3 Å². The van der Waals surface area contributed by atoms with E-state index in [1.807, 2.05) is 0 Å². The molecule has 1 aliphatic heterocycles. The largest absolute Gasteiger partial charge is 0.395 e. The van der Waals surface area contributed by atoms with Gasteiger partial charge in [0.1, 0.15) is 0 Å². The normalized spacial score (nSPS) is 23.5. The fraction of sp³-hybridized carbons (Fsp3) is 0.700. The van der Waals surface area contributed by atoms with Gasteiger partial charge < -0.3 is 15.2 Å². The molecule has 0 aromatic carbocycles. The lowest BCUT2D eigenvalue weighted by Gasteiger charge is -2.19. The van der Waals surface area contributed by atoms with Crippen LogP contribution in [0.1, 0.15) is 31.9 Å². The molecule has 1 fully saturated rings. The number of nitrogen functional groups attached to an aromatic ring is 1. The maximum absolute atomic E-state index is 5.77. The van der Waals surface area contributed by atoms with Gasteiger partial charge in [0.25, 0.3) is 0 Å². The highest BCUT2D eigenvalue weighted by Crippen LogP contribution is 2.31. The van der Waals surface area contributed by atoms with Crippen molar-refractivity contribution in [2.24, 2.45) is 0 Å². The monoisotopic (exact) mass is 195 g/mol. The fourth-order valence-corrected chi connectivity index (χ4v) is 2.04. The summed E-state index contributed by atoms with van der Waals surface area (Å²) in [4.78, 5) is 2.44. The number of nitrogens with two attached hydrogens (primary N) is 1. The second-order valence-electron chi connectivity index (χ2n) is 4.22. The number of rotatable bonds is 2. The zero-order chi connectivity index (χ0) is 10.1. The smallest absolute Gasteiger partial charge is 0.163 e. The standard InChI is InChI=1S/C10H17N3O/c1-7(2)13-4-3-8(6-13)10-9(11)5-12-14-10/h5,7-8H,3-4,6,11H2,1-2H3. The second-order valence-corrected chi connectivity index (χ2v) is 4.22. The third-order valence-corrected chi connectivity index (χ3v) is 2.95. The van der Waals surface area contributed by atoms with Crippen LogP contribution >= 0.6 is 0 Å². The molecule has 0 amide bonds. The minimum atomic E-state index is 0.430. The van der Waals surface area contributed by atoms with Crippen molar-refractivity contribution in [1.82, 2.24) is 10.1 Å². The second kappa shape index (κ2) is 3.61. The number of anilines is 1. The maximum atomic E-state index is 5.77. The molecule has 4 heteroatoms. The molecule has 0 bridgehead atoms. The van der Waals surface area contributed by atoms with Crippen molar-refractivity contribution in [1.29, 1.82) is 0 Å². The summed E-state index contributed by atoms with van der Waals surface area (Å²) in [6.07, 6.45) is 2.71. The Bertz CT molecular complexity index is 308. The molecule has 2 rings (SSSR count). The zero-order valence-electron chi connectivity index (χ0n) is 8.73. The third-order valence-electron chi connectivity index (χ3n) is 2.95. The first-order chi connectivity index (χ1) is 6.68. The molecule has 0 spiro atoms. The van der Waals surface area contributed by atoms with E-state index in [1.54, 1.807) is 6.20 Å². The van der Waals surface area contributed by atoms with Gasteiger partial charge in [-0.25, -0.2) is 0 Å². The summed E-state index contributed by atoms with van der Waals surface area (Å²) in [6.45, 7) is 6.60. The van der Waals surface area contributed by atoms with Gasteiger partial charge in [0, 0.05) is 18.5 Å². The minimum absolute atomic E-state index is 0.430. The highest BCUT2D eigenvalue weighted by molar-refractivity contribution is 5.40. The average Bonchev–Trinajstić information content (AvgIpc) is 2.71. The summed E-state index contributed by atoms with van der Waals surface area (Å²) < 4.78 is 5.17. The molecule has 1 unspecified atom stereocenters. The predicted molar refractivity (Wildman–Crippen MR) is 55.0 cm³/mol. The first-order valence-corrected chi connectivity index (χ1v) is 5.12. The average molecular weight is 195 g/mol. The lowest BCUT2D eigenvalue weighted by Crippen LogP contribution is -2.27. The zero-order valence-corrected chi connectivity index (χ0v) is 8.73. The van der Waals surface area contributed by atoms with E-state index >= 15 is 0 Å². The van der Waals surface area contributed by atoms with Crippen LogP contribution in [0.3, 0.4) is 0 Å². The van der Waals surface area contributed by atoms with Crippen LogP contribution in [0.25, 0.3) is 0 Å². The van der Waals surface area contributed by atoms with Crippen molar-refractivity contribution in [3.63, 3.8) is 0 Å². The van der Waals surface area contributed by atoms with Crippen LogP contribution in [0.4, 0.5) is 5.69 Å². The van der Waals surface area contributed by atoms with Crippen molar-refractivity contribution >= 4 is 5.69 Å². The van der Waals surface area contributed by atoms with Crippen molar-refractivity contribution < 1.29 is 4.52 Å². The van der Waals surface area contributed by atoms with Crippen LogP contribution in [0.5, 0.6) is 0 Å². The van der Waals surface area contributed by atoms with E-state index in [4.69, 9.17) is 10.3 Å². The topological polar surface area (TPSA) is 55.3 Å². The fourth-order valence-electron chi connectivity index (χ4n) is 2.04. The van der Waals surface area contributed by atoms with Gasteiger partial charge in [0.2, 0.25) is 0 Å². The van der Waals surface area contributed by atoms with Crippen LogP contribution in [-0.4, -0.2) is 29.2 Å². The summed E-state index contributed by atoms with van der Waals surface area (Å²) >= 11 is 0. The molecular weight excluding hydrogens is 178 g/mol. The SMILES string of the molecule is CC(C)N1CCC(c2oncc2N)C1. The Kier molecular flexibility index (Phi) is 2.46. The first kappa shape index (κ1) is 9.52. The summed E-state index contributed by atoms with van der Waals surface area (Å²) in [6, 6.07) is 0.601. The van der Waals surface area contributed by atoms with Crippen LogP contribution in [0, 0.1) is 0 Å². The molecule has 1 saturated heterocycles. The molecule has 0 aliphatic carbocycles. The van der Waals surface area contributed by atoms with E-state index in [9.17, 15) is 0 Å². The van der Waals surface area contributed by atoms with Crippen LogP contribution in [-0.2, 0) is 0 Å². The van der Waals surface area contributed by atoms with Crippen molar-refractivity contribution in [3.8, 4) is 0 Å². The van der Waals surface area contributed by atoms with Crippen molar-refractivity contribution in [2.45, 2.75) is 32.2 Å². The van der Waals surface area contributed by atoms with E-state index < -0.39 is 0 Å². The summed E-state index contributed by atoms with van der Waals surface area (Å²) in [5, 5.41) is 3.72. The quantitative estimate of drug-likeness (QED) is 0.776. The Morgan fingerprint density at radius 3 is 2.93 bits per heavy atom. The molecule has 1 aromatic heterocycles. The summed E-state index contributed by atoms with van der Waals surface area (Å²) in [5.41, 5.74) is 6.46. The van der Waals surface area contributed by atoms with Crippen molar-refractivity contribution in [3.05, 3.63) is 12.0 Å². The van der Waals surface area contributed by atoms with Gasteiger partial charge >= 0.3 is 0 Å². The number of likely N-dealkylation sites (tertiary alicyclic amines) is 1. The number of hydrogen-bond donors (Lipinski definition) is 1. The first-order valence-electron chi connectivity index (χ1n) is 5.12. The lowest BCUT2D eigenvalue weighted by atomic mass is 10.1. The molecule has 0 radical (unpaired) electrons. The van der Waals surface area contributed by atoms with Crippen molar-refractivity contribution in [2.75, 3.05) is 18.8 Å².